The van der Waals surface area contributed by atoms with Gasteiger partial charge in [-0.1, -0.05) is 19.1 Å². The van der Waals surface area contributed by atoms with Crippen molar-refractivity contribution < 1.29 is 14.3 Å². The number of nitrogens with one attached hydrogen (secondary N) is 1. The van der Waals surface area contributed by atoms with Gasteiger partial charge in [0.2, 0.25) is 0 Å². The highest BCUT2D eigenvalue weighted by Gasteiger charge is 2.17. The third-order valence-electron chi connectivity index (χ3n) is 2.77. The normalized spacial score (nSPS) is 12.1. The number of hydrogen-bond acceptors (Lipinski definition) is 4. The van der Waals surface area contributed by atoms with Crippen LogP contribution in [0.1, 0.15) is 36.7 Å². The van der Waals surface area contributed by atoms with Crippen molar-refractivity contribution in [1.82, 2.24) is 5.32 Å². The molecule has 3 N–H and O–H groups in total. The summed E-state index contributed by atoms with van der Waals surface area (Å²) in [5.74, 6) is -0.888. The Kier molecular flexibility index (Phi) is 6.18. The average molecular weight is 278 g/mol. The van der Waals surface area contributed by atoms with Crippen LogP contribution in [0.4, 0.5) is 0 Å². The lowest BCUT2D eigenvalue weighted by Crippen LogP contribution is -2.33. The van der Waals surface area contributed by atoms with Crippen molar-refractivity contribution in [3.05, 3.63) is 35.4 Å². The van der Waals surface area contributed by atoms with E-state index in [-0.39, 0.29) is 30.4 Å². The van der Waals surface area contributed by atoms with E-state index < -0.39 is 0 Å². The molecule has 0 aliphatic carbocycles. The van der Waals surface area contributed by atoms with Gasteiger partial charge in [-0.2, -0.15) is 0 Å². The number of carbonyl (C=O) groups excluding carboxylic acids is 2. The van der Waals surface area contributed by atoms with E-state index >= 15 is 0 Å². The van der Waals surface area contributed by atoms with Crippen molar-refractivity contribution in [2.45, 2.75) is 33.4 Å². The molecule has 1 rings (SSSR count). The summed E-state index contributed by atoms with van der Waals surface area (Å²) in [6, 6.07) is 7.06. The van der Waals surface area contributed by atoms with Gasteiger partial charge < -0.3 is 15.8 Å². The summed E-state index contributed by atoms with van der Waals surface area (Å²) in [6.07, 6.45) is -0.149. The molecular formula is C15H22N2O3. The number of amides is 1. The fraction of sp³-hybridized carbons (Fsp3) is 0.467. The zero-order valence-electron chi connectivity index (χ0n) is 12.2. The molecule has 0 aromatic heterocycles. The second kappa shape index (κ2) is 7.65. The monoisotopic (exact) mass is 278 g/mol. The summed E-state index contributed by atoms with van der Waals surface area (Å²) in [4.78, 5) is 23.5. The Morgan fingerprint density at radius 1 is 1.20 bits per heavy atom. The summed E-state index contributed by atoms with van der Waals surface area (Å²) in [5.41, 5.74) is 7.01. The SMILES string of the molecule is CC(C)OC(=O)C(C)CNC(=O)c1ccc(CN)cc1. The zero-order valence-corrected chi connectivity index (χ0v) is 12.2. The Bertz CT molecular complexity index is 455. The largest absolute Gasteiger partial charge is 0.463 e. The van der Waals surface area contributed by atoms with Crippen LogP contribution < -0.4 is 11.1 Å². The number of nitrogens with two attached hydrogens (primary N) is 1. The summed E-state index contributed by atoms with van der Waals surface area (Å²) < 4.78 is 5.08. The second-order valence-electron chi connectivity index (χ2n) is 5.00. The molecule has 5 heteroatoms. The minimum atomic E-state index is -0.371. The van der Waals surface area contributed by atoms with Gasteiger partial charge in [0.1, 0.15) is 0 Å². The predicted molar refractivity (Wildman–Crippen MR) is 77.1 cm³/mol. The summed E-state index contributed by atoms with van der Waals surface area (Å²) in [7, 11) is 0. The van der Waals surface area contributed by atoms with E-state index in [0.29, 0.717) is 12.1 Å². The number of benzene rings is 1. The fourth-order valence-electron chi connectivity index (χ4n) is 1.57. The molecule has 0 bridgehead atoms. The van der Waals surface area contributed by atoms with Gasteiger partial charge in [-0.15, -0.1) is 0 Å². The standard InChI is InChI=1S/C15H22N2O3/c1-10(2)20-15(19)11(3)9-17-14(18)13-6-4-12(8-16)5-7-13/h4-7,10-11H,8-9,16H2,1-3H3,(H,17,18). The second-order valence-corrected chi connectivity index (χ2v) is 5.00. The number of rotatable bonds is 6. The highest BCUT2D eigenvalue weighted by atomic mass is 16.5. The molecule has 5 nitrogen and oxygen atoms in total. The third kappa shape index (κ3) is 5.01. The summed E-state index contributed by atoms with van der Waals surface area (Å²) in [6.45, 7) is 6.01. The van der Waals surface area contributed by atoms with Gasteiger partial charge in [-0.25, -0.2) is 0 Å². The molecule has 0 spiro atoms. The van der Waals surface area contributed by atoms with Crippen LogP contribution in [-0.4, -0.2) is 24.5 Å². The lowest BCUT2D eigenvalue weighted by Gasteiger charge is -2.14. The summed E-state index contributed by atoms with van der Waals surface area (Å²) >= 11 is 0. The highest BCUT2D eigenvalue weighted by molar-refractivity contribution is 5.94. The van der Waals surface area contributed by atoms with Crippen LogP contribution in [0.3, 0.4) is 0 Å². The first-order valence-electron chi connectivity index (χ1n) is 6.71. The first-order valence-corrected chi connectivity index (χ1v) is 6.71. The Hall–Kier alpha value is -1.88. The minimum Gasteiger partial charge on any atom is -0.463 e. The molecule has 0 saturated carbocycles. The van der Waals surface area contributed by atoms with Crippen molar-refractivity contribution in [2.24, 2.45) is 11.7 Å². The lowest BCUT2D eigenvalue weighted by atomic mass is 10.1. The quantitative estimate of drug-likeness (QED) is 0.772. The molecule has 1 aromatic carbocycles. The fourth-order valence-corrected chi connectivity index (χ4v) is 1.57. The molecule has 1 unspecified atom stereocenters. The molecule has 110 valence electrons. The molecule has 0 saturated heterocycles. The number of esters is 1. The van der Waals surface area contributed by atoms with Crippen LogP contribution in [0.5, 0.6) is 0 Å². The van der Waals surface area contributed by atoms with Crippen molar-refractivity contribution in [2.75, 3.05) is 6.54 Å². The van der Waals surface area contributed by atoms with Gasteiger partial charge >= 0.3 is 5.97 Å². The molecule has 1 amide bonds. The average Bonchev–Trinajstić information content (AvgIpc) is 2.43. The molecule has 1 aromatic rings. The molecule has 0 aliphatic rings. The highest BCUT2D eigenvalue weighted by Crippen LogP contribution is 2.05. The van der Waals surface area contributed by atoms with Crippen molar-refractivity contribution in [3.8, 4) is 0 Å². The Balaban J connectivity index is 2.47. The maximum Gasteiger partial charge on any atom is 0.310 e. The maximum absolute atomic E-state index is 11.9. The van der Waals surface area contributed by atoms with E-state index in [2.05, 4.69) is 5.32 Å². The van der Waals surface area contributed by atoms with Crippen LogP contribution in [0, 0.1) is 5.92 Å². The maximum atomic E-state index is 11.9. The third-order valence-corrected chi connectivity index (χ3v) is 2.77. The minimum absolute atomic E-state index is 0.149. The number of hydrogen-bond donors (Lipinski definition) is 2. The molecule has 0 heterocycles. The van der Waals surface area contributed by atoms with Crippen molar-refractivity contribution in [1.29, 1.82) is 0 Å². The van der Waals surface area contributed by atoms with Crippen LogP contribution in [0.15, 0.2) is 24.3 Å². The van der Waals surface area contributed by atoms with Gasteiger partial charge in [-0.3, -0.25) is 9.59 Å². The smallest absolute Gasteiger partial charge is 0.310 e. The van der Waals surface area contributed by atoms with E-state index in [1.807, 2.05) is 12.1 Å². The van der Waals surface area contributed by atoms with E-state index in [9.17, 15) is 9.59 Å². The number of carbonyl (C=O) groups is 2. The van der Waals surface area contributed by atoms with Crippen molar-refractivity contribution >= 4 is 11.9 Å². The number of ether oxygens (including phenoxy) is 1. The van der Waals surface area contributed by atoms with E-state index in [0.717, 1.165) is 5.56 Å². The van der Waals surface area contributed by atoms with Gasteiger partial charge in [0.15, 0.2) is 0 Å². The Morgan fingerprint density at radius 3 is 2.30 bits per heavy atom. The Labute approximate surface area is 119 Å². The first kappa shape index (κ1) is 16.2. The van der Waals surface area contributed by atoms with E-state index in [4.69, 9.17) is 10.5 Å². The molecule has 0 fully saturated rings. The van der Waals surface area contributed by atoms with E-state index in [1.54, 1.807) is 32.9 Å². The zero-order chi connectivity index (χ0) is 15.1. The van der Waals surface area contributed by atoms with Gasteiger partial charge in [0.25, 0.3) is 5.91 Å². The molecule has 0 radical (unpaired) electrons. The van der Waals surface area contributed by atoms with Crippen LogP contribution in [-0.2, 0) is 16.1 Å². The Morgan fingerprint density at radius 2 is 1.80 bits per heavy atom. The first-order chi connectivity index (χ1) is 9.43. The molecule has 0 aliphatic heterocycles. The van der Waals surface area contributed by atoms with Gasteiger partial charge in [0.05, 0.1) is 12.0 Å². The van der Waals surface area contributed by atoms with Gasteiger partial charge in [0, 0.05) is 18.7 Å². The van der Waals surface area contributed by atoms with E-state index in [1.165, 1.54) is 0 Å². The lowest BCUT2D eigenvalue weighted by molar-refractivity contribution is -0.151. The molecule has 20 heavy (non-hydrogen) atoms. The van der Waals surface area contributed by atoms with Crippen LogP contribution in [0.2, 0.25) is 0 Å². The van der Waals surface area contributed by atoms with Gasteiger partial charge in [-0.05, 0) is 31.5 Å². The van der Waals surface area contributed by atoms with Crippen molar-refractivity contribution in [3.63, 3.8) is 0 Å². The van der Waals surface area contributed by atoms with Crippen LogP contribution in [0.25, 0.3) is 0 Å². The van der Waals surface area contributed by atoms with Crippen LogP contribution >= 0.6 is 0 Å². The topological polar surface area (TPSA) is 81.4 Å². The summed E-state index contributed by atoms with van der Waals surface area (Å²) in [5, 5.41) is 2.72. The molecule has 1 atom stereocenters. The molecular weight excluding hydrogens is 256 g/mol. The predicted octanol–water partition coefficient (Wildman–Crippen LogP) is 1.46.